The zero-order chi connectivity index (χ0) is 41.3. The third-order valence-corrected chi connectivity index (χ3v) is 13.5. The number of thiol groups is 4. The van der Waals surface area contributed by atoms with Crippen molar-refractivity contribution in [3.8, 4) is 68.3 Å². The minimum Gasteiger partial charge on any atom is -0.208 e. The molecule has 6 aromatic carbocycles. The third kappa shape index (κ3) is 10.5. The average molecular weight is 893 g/mol. The molecule has 0 unspecified atom stereocenters. The Balaban J connectivity index is 0.937. The molecule has 0 aliphatic rings. The van der Waals surface area contributed by atoms with Crippen molar-refractivity contribution < 1.29 is 0 Å². The lowest BCUT2D eigenvalue weighted by molar-refractivity contribution is 1.07. The molecule has 0 bridgehead atoms. The van der Waals surface area contributed by atoms with Gasteiger partial charge in [0, 0.05) is 67.9 Å². The standard InChI is InChI=1S/C48H40N6S6/c55-25-31-1-13-37(14-2-31)43-49-44(38-15-3-32(26-56)4-16-38)52-47(51-43)41-21-9-35(10-22-41)29-59-60-30-36-11-23-42(24-12-36)48-53-45(39-17-5-33(27-57)6-18-39)50-46(54-48)40-19-7-34(28-58)8-20-40/h1-24,55-58H,25-30H2. The molecule has 60 heavy (non-hydrogen) atoms. The number of benzene rings is 6. The summed E-state index contributed by atoms with van der Waals surface area (Å²) in [6.45, 7) is 0. The molecule has 12 heteroatoms. The summed E-state index contributed by atoms with van der Waals surface area (Å²) in [5.74, 6) is 8.25. The molecule has 8 rings (SSSR count). The maximum absolute atomic E-state index is 4.92. The van der Waals surface area contributed by atoms with Crippen molar-refractivity contribution in [3.05, 3.63) is 179 Å². The first-order chi connectivity index (χ1) is 29.5. The molecule has 0 radical (unpaired) electrons. The van der Waals surface area contributed by atoms with Crippen molar-refractivity contribution >= 4 is 72.1 Å². The number of aromatic nitrogens is 6. The number of nitrogens with zero attached hydrogens (tertiary/aromatic N) is 6. The van der Waals surface area contributed by atoms with E-state index in [0.717, 1.165) is 67.1 Å². The van der Waals surface area contributed by atoms with Gasteiger partial charge in [0.15, 0.2) is 34.9 Å². The van der Waals surface area contributed by atoms with E-state index in [9.17, 15) is 0 Å². The molecule has 0 fully saturated rings. The highest BCUT2D eigenvalue weighted by molar-refractivity contribution is 8.76. The molecule has 0 spiro atoms. The first-order valence-electron chi connectivity index (χ1n) is 19.2. The number of rotatable bonds is 15. The van der Waals surface area contributed by atoms with Crippen molar-refractivity contribution in [2.75, 3.05) is 0 Å². The Hall–Kier alpha value is -4.56. The van der Waals surface area contributed by atoms with Crippen LogP contribution in [0.2, 0.25) is 0 Å². The third-order valence-electron chi connectivity index (χ3n) is 9.81. The Morgan fingerprint density at radius 3 is 0.583 bits per heavy atom. The van der Waals surface area contributed by atoms with Crippen LogP contribution in [0.3, 0.4) is 0 Å². The Morgan fingerprint density at radius 1 is 0.250 bits per heavy atom. The van der Waals surface area contributed by atoms with E-state index in [1.165, 1.54) is 11.1 Å². The van der Waals surface area contributed by atoms with Gasteiger partial charge in [-0.15, -0.1) is 0 Å². The largest absolute Gasteiger partial charge is 0.208 e. The van der Waals surface area contributed by atoms with Crippen LogP contribution in [0.25, 0.3) is 68.3 Å². The summed E-state index contributed by atoms with van der Waals surface area (Å²) in [4.78, 5) is 29.5. The molecular formula is C48H40N6S6. The summed E-state index contributed by atoms with van der Waals surface area (Å²) >= 11 is 17.7. The maximum Gasteiger partial charge on any atom is 0.164 e. The summed E-state index contributed by atoms with van der Waals surface area (Å²) in [5, 5.41) is 0. The number of hydrogen-bond acceptors (Lipinski definition) is 12. The van der Waals surface area contributed by atoms with Crippen LogP contribution < -0.4 is 0 Å². The number of hydrogen-bond donors (Lipinski definition) is 4. The zero-order valence-electron chi connectivity index (χ0n) is 32.4. The topological polar surface area (TPSA) is 77.3 Å². The Morgan fingerprint density at radius 2 is 0.417 bits per heavy atom. The lowest BCUT2D eigenvalue weighted by atomic mass is 10.1. The molecule has 2 heterocycles. The predicted molar refractivity (Wildman–Crippen MR) is 266 cm³/mol. The van der Waals surface area contributed by atoms with Crippen LogP contribution in [0.15, 0.2) is 146 Å². The SMILES string of the molecule is SCc1ccc(-c2nc(-c3ccc(CS)cc3)nc(-c3ccc(CSSCc4ccc(-c5nc(-c6ccc(CS)cc6)nc(-c6ccc(CS)cc6)n5)cc4)cc3)n2)cc1. The van der Waals surface area contributed by atoms with Crippen LogP contribution in [-0.4, -0.2) is 29.9 Å². The highest BCUT2D eigenvalue weighted by Crippen LogP contribution is 2.32. The van der Waals surface area contributed by atoms with Crippen molar-refractivity contribution in [2.24, 2.45) is 0 Å². The van der Waals surface area contributed by atoms with Gasteiger partial charge in [0.1, 0.15) is 0 Å². The molecule has 0 atom stereocenters. The summed E-state index contributed by atoms with van der Waals surface area (Å²) in [6, 6.07) is 49.9. The molecule has 0 aliphatic carbocycles. The van der Waals surface area contributed by atoms with Crippen LogP contribution in [0.1, 0.15) is 33.4 Å². The van der Waals surface area contributed by atoms with Gasteiger partial charge in [0.25, 0.3) is 0 Å². The molecule has 298 valence electrons. The second-order valence-corrected chi connectivity index (χ2v) is 17.7. The quantitative estimate of drug-likeness (QED) is 0.0461. The van der Waals surface area contributed by atoms with Crippen molar-refractivity contribution in [3.63, 3.8) is 0 Å². The van der Waals surface area contributed by atoms with Gasteiger partial charge in [-0.05, 0) is 33.4 Å². The van der Waals surface area contributed by atoms with Crippen LogP contribution >= 0.6 is 72.1 Å². The van der Waals surface area contributed by atoms with Crippen molar-refractivity contribution in [2.45, 2.75) is 34.5 Å². The van der Waals surface area contributed by atoms with Gasteiger partial charge in [-0.2, -0.15) is 50.5 Å². The smallest absolute Gasteiger partial charge is 0.164 e. The van der Waals surface area contributed by atoms with Crippen LogP contribution in [0.4, 0.5) is 0 Å². The molecule has 2 aromatic heterocycles. The fourth-order valence-electron chi connectivity index (χ4n) is 6.28. The predicted octanol–water partition coefficient (Wildman–Crippen LogP) is 12.9. The summed E-state index contributed by atoms with van der Waals surface area (Å²) in [5.41, 5.74) is 12.6. The van der Waals surface area contributed by atoms with Gasteiger partial charge in [-0.25, -0.2) is 29.9 Å². The zero-order valence-corrected chi connectivity index (χ0v) is 37.6. The van der Waals surface area contributed by atoms with Gasteiger partial charge in [0.2, 0.25) is 0 Å². The monoisotopic (exact) mass is 892 g/mol. The van der Waals surface area contributed by atoms with Crippen LogP contribution in [-0.2, 0) is 34.5 Å². The highest BCUT2D eigenvalue weighted by atomic mass is 33.1. The Bertz CT molecular complexity index is 2340. The normalized spacial score (nSPS) is 11.2. The lowest BCUT2D eigenvalue weighted by Crippen LogP contribution is -2.00. The minimum atomic E-state index is 0.636. The summed E-state index contributed by atoms with van der Waals surface area (Å²) in [7, 11) is 3.67. The molecule has 8 aromatic rings. The van der Waals surface area contributed by atoms with Crippen molar-refractivity contribution in [1.82, 2.24) is 29.9 Å². The maximum atomic E-state index is 4.92. The molecule has 0 N–H and O–H groups in total. The van der Waals surface area contributed by atoms with E-state index < -0.39 is 0 Å². The van der Waals surface area contributed by atoms with Gasteiger partial charge in [0.05, 0.1) is 0 Å². The van der Waals surface area contributed by atoms with E-state index in [-0.39, 0.29) is 0 Å². The first kappa shape index (κ1) is 42.1. The molecule has 0 saturated heterocycles. The second-order valence-electron chi connectivity index (χ2n) is 14.0. The van der Waals surface area contributed by atoms with E-state index in [0.29, 0.717) is 58.0 Å². The van der Waals surface area contributed by atoms with Crippen LogP contribution in [0.5, 0.6) is 0 Å². The van der Waals surface area contributed by atoms with Gasteiger partial charge < -0.3 is 0 Å². The highest BCUT2D eigenvalue weighted by Gasteiger charge is 2.15. The average Bonchev–Trinajstić information content (AvgIpc) is 3.33. The fourth-order valence-corrected chi connectivity index (χ4v) is 9.27. The minimum absolute atomic E-state index is 0.636. The fraction of sp³-hybridized carbons (Fsp3) is 0.125. The summed E-state index contributed by atoms with van der Waals surface area (Å²) in [6.07, 6.45) is 0. The second kappa shape index (κ2) is 20.3. The van der Waals surface area contributed by atoms with Crippen LogP contribution in [0, 0.1) is 0 Å². The molecule has 6 nitrogen and oxygen atoms in total. The van der Waals surface area contributed by atoms with Gasteiger partial charge in [-0.3, -0.25) is 0 Å². The lowest BCUT2D eigenvalue weighted by Gasteiger charge is -2.10. The van der Waals surface area contributed by atoms with E-state index in [1.807, 2.05) is 70.1 Å². The summed E-state index contributed by atoms with van der Waals surface area (Å²) < 4.78 is 0. The molecular weight excluding hydrogens is 853 g/mol. The van der Waals surface area contributed by atoms with Gasteiger partial charge in [-0.1, -0.05) is 167 Å². The molecule has 0 aliphatic heterocycles. The van der Waals surface area contributed by atoms with Gasteiger partial charge >= 0.3 is 0 Å². The van der Waals surface area contributed by atoms with Crippen molar-refractivity contribution in [1.29, 1.82) is 0 Å². The van der Waals surface area contributed by atoms with E-state index in [4.69, 9.17) is 29.9 Å². The van der Waals surface area contributed by atoms with E-state index in [2.05, 4.69) is 148 Å². The molecule has 0 saturated carbocycles. The Labute approximate surface area is 381 Å². The first-order valence-corrected chi connectivity index (χ1v) is 24.3. The molecule has 0 amide bonds. The van der Waals surface area contributed by atoms with E-state index >= 15 is 0 Å². The Kier molecular flexibility index (Phi) is 14.3. The van der Waals surface area contributed by atoms with E-state index in [1.54, 1.807) is 0 Å².